The molecule has 1 aromatic heterocycles. The number of benzene rings is 1. The number of aromatic amines is 1. The number of nitrogens with one attached hydrogen (secondary N) is 2. The van der Waals surface area contributed by atoms with Crippen LogP contribution in [0.1, 0.15) is 11.3 Å². The van der Waals surface area contributed by atoms with Gasteiger partial charge in [0.15, 0.2) is 0 Å². The topological polar surface area (TPSA) is 31.1 Å². The molecule has 0 fully saturated rings. The van der Waals surface area contributed by atoms with Gasteiger partial charge in [-0.3, -0.25) is 0 Å². The fourth-order valence-corrected chi connectivity index (χ4v) is 2.00. The Hall–Kier alpha value is -1.74. The predicted molar refractivity (Wildman–Crippen MR) is 76.8 cm³/mol. The first-order chi connectivity index (χ1) is 8.78. The largest absolute Gasteiger partial charge is 0.388 e. The first-order valence-electron chi connectivity index (χ1n) is 6.35. The molecule has 0 aliphatic heterocycles. The molecule has 0 unspecified atom stereocenters. The van der Waals surface area contributed by atoms with Crippen molar-refractivity contribution in [3.8, 4) is 0 Å². The molecule has 0 saturated carbocycles. The zero-order chi connectivity index (χ0) is 12.8. The Balaban J connectivity index is 1.80. The molecule has 0 radical (unpaired) electrons. The monoisotopic (exact) mass is 243 g/mol. The summed E-state index contributed by atoms with van der Waals surface area (Å²) >= 11 is 0. The van der Waals surface area contributed by atoms with Crippen LogP contribution in [0.25, 0.3) is 0 Å². The summed E-state index contributed by atoms with van der Waals surface area (Å²) in [5.41, 5.74) is 3.81. The van der Waals surface area contributed by atoms with Gasteiger partial charge in [-0.25, -0.2) is 0 Å². The molecule has 2 rings (SSSR count). The van der Waals surface area contributed by atoms with E-state index in [1.54, 1.807) is 0 Å². The second-order valence-electron chi connectivity index (χ2n) is 4.63. The normalized spacial score (nSPS) is 10.8. The fourth-order valence-electron chi connectivity index (χ4n) is 2.00. The van der Waals surface area contributed by atoms with Crippen LogP contribution in [0.15, 0.2) is 42.6 Å². The SMILES string of the molecule is CNc1ccc(CN(C)CCc2ccc[nH]2)cc1. The Labute approximate surface area is 109 Å². The molecule has 0 amide bonds. The van der Waals surface area contributed by atoms with E-state index in [-0.39, 0.29) is 0 Å². The van der Waals surface area contributed by atoms with Gasteiger partial charge >= 0.3 is 0 Å². The first kappa shape index (κ1) is 12.7. The number of hydrogen-bond donors (Lipinski definition) is 2. The molecule has 1 heterocycles. The Morgan fingerprint density at radius 2 is 1.94 bits per heavy atom. The summed E-state index contributed by atoms with van der Waals surface area (Å²) in [6.07, 6.45) is 3.05. The number of nitrogens with zero attached hydrogens (tertiary/aromatic N) is 1. The lowest BCUT2D eigenvalue weighted by Gasteiger charge is -2.16. The molecule has 0 spiro atoms. The maximum Gasteiger partial charge on any atom is 0.0337 e. The smallest absolute Gasteiger partial charge is 0.0337 e. The summed E-state index contributed by atoms with van der Waals surface area (Å²) < 4.78 is 0. The summed E-state index contributed by atoms with van der Waals surface area (Å²) in [5, 5.41) is 3.13. The molecule has 0 aliphatic carbocycles. The molecule has 3 nitrogen and oxygen atoms in total. The van der Waals surface area contributed by atoms with Crippen molar-refractivity contribution < 1.29 is 0 Å². The Morgan fingerprint density at radius 3 is 2.56 bits per heavy atom. The van der Waals surface area contributed by atoms with Gasteiger partial charge in [0, 0.05) is 44.1 Å². The minimum atomic E-state index is 0.991. The minimum Gasteiger partial charge on any atom is -0.388 e. The lowest BCUT2D eigenvalue weighted by atomic mass is 10.2. The van der Waals surface area contributed by atoms with Crippen LogP contribution in [0.2, 0.25) is 0 Å². The third kappa shape index (κ3) is 3.64. The maximum absolute atomic E-state index is 3.24. The van der Waals surface area contributed by atoms with Crippen LogP contribution in [0.5, 0.6) is 0 Å². The maximum atomic E-state index is 3.24. The molecule has 0 atom stereocenters. The minimum absolute atomic E-state index is 0.991. The van der Waals surface area contributed by atoms with E-state index in [4.69, 9.17) is 0 Å². The van der Waals surface area contributed by atoms with E-state index in [0.29, 0.717) is 0 Å². The Kier molecular flexibility index (Phi) is 4.42. The highest BCUT2D eigenvalue weighted by molar-refractivity contribution is 5.43. The zero-order valence-corrected chi connectivity index (χ0v) is 11.1. The van der Waals surface area contributed by atoms with Crippen molar-refractivity contribution in [2.45, 2.75) is 13.0 Å². The van der Waals surface area contributed by atoms with E-state index in [9.17, 15) is 0 Å². The van der Waals surface area contributed by atoms with E-state index in [1.807, 2.05) is 19.3 Å². The van der Waals surface area contributed by atoms with Gasteiger partial charge in [-0.1, -0.05) is 12.1 Å². The molecule has 0 aliphatic rings. The number of anilines is 1. The van der Waals surface area contributed by atoms with Gasteiger partial charge in [-0.15, -0.1) is 0 Å². The van der Waals surface area contributed by atoms with Crippen molar-refractivity contribution in [3.63, 3.8) is 0 Å². The van der Waals surface area contributed by atoms with E-state index in [0.717, 1.165) is 25.2 Å². The average molecular weight is 243 g/mol. The summed E-state index contributed by atoms with van der Waals surface area (Å²) in [6, 6.07) is 12.8. The molecule has 0 saturated heterocycles. The second-order valence-corrected chi connectivity index (χ2v) is 4.63. The lowest BCUT2D eigenvalue weighted by Crippen LogP contribution is -2.20. The number of likely N-dealkylation sites (N-methyl/N-ethyl adjacent to an activating group) is 1. The van der Waals surface area contributed by atoms with Crippen molar-refractivity contribution in [3.05, 3.63) is 53.9 Å². The Morgan fingerprint density at radius 1 is 1.17 bits per heavy atom. The third-order valence-electron chi connectivity index (χ3n) is 3.12. The quantitative estimate of drug-likeness (QED) is 0.817. The van der Waals surface area contributed by atoms with Crippen molar-refractivity contribution >= 4 is 5.69 Å². The molecule has 0 bridgehead atoms. The van der Waals surface area contributed by atoms with E-state index >= 15 is 0 Å². The molecule has 1 aromatic carbocycles. The predicted octanol–water partition coefficient (Wildman–Crippen LogP) is 2.73. The molecule has 3 heteroatoms. The number of rotatable bonds is 6. The van der Waals surface area contributed by atoms with Crippen LogP contribution < -0.4 is 5.32 Å². The van der Waals surface area contributed by atoms with E-state index in [2.05, 4.69) is 52.6 Å². The van der Waals surface area contributed by atoms with Gasteiger partial charge in [-0.2, -0.15) is 0 Å². The van der Waals surface area contributed by atoms with Gasteiger partial charge in [0.2, 0.25) is 0 Å². The molecular weight excluding hydrogens is 222 g/mol. The van der Waals surface area contributed by atoms with Gasteiger partial charge in [-0.05, 0) is 36.9 Å². The summed E-state index contributed by atoms with van der Waals surface area (Å²) in [5.74, 6) is 0. The third-order valence-corrected chi connectivity index (χ3v) is 3.12. The van der Waals surface area contributed by atoms with Crippen LogP contribution in [-0.2, 0) is 13.0 Å². The number of hydrogen-bond acceptors (Lipinski definition) is 2. The van der Waals surface area contributed by atoms with Crippen molar-refractivity contribution in [2.24, 2.45) is 0 Å². The lowest BCUT2D eigenvalue weighted by molar-refractivity contribution is 0.330. The fraction of sp³-hybridized carbons (Fsp3) is 0.333. The van der Waals surface area contributed by atoms with E-state index < -0.39 is 0 Å². The van der Waals surface area contributed by atoms with Gasteiger partial charge in [0.1, 0.15) is 0 Å². The average Bonchev–Trinajstić information content (AvgIpc) is 2.90. The van der Waals surface area contributed by atoms with Crippen molar-refractivity contribution in [1.29, 1.82) is 0 Å². The summed E-state index contributed by atoms with van der Waals surface area (Å²) in [4.78, 5) is 5.58. The van der Waals surface area contributed by atoms with Gasteiger partial charge < -0.3 is 15.2 Å². The standard InChI is InChI=1S/C15H21N3/c1-16-14-7-5-13(6-8-14)12-18(2)11-9-15-4-3-10-17-15/h3-8,10,16-17H,9,11-12H2,1-2H3. The van der Waals surface area contributed by atoms with Crippen LogP contribution in [-0.4, -0.2) is 30.5 Å². The van der Waals surface area contributed by atoms with E-state index in [1.165, 1.54) is 11.3 Å². The highest BCUT2D eigenvalue weighted by Crippen LogP contribution is 2.10. The second kappa shape index (κ2) is 6.26. The number of aromatic nitrogens is 1. The van der Waals surface area contributed by atoms with Crippen LogP contribution in [0.3, 0.4) is 0 Å². The molecule has 18 heavy (non-hydrogen) atoms. The van der Waals surface area contributed by atoms with Gasteiger partial charge in [0.05, 0.1) is 0 Å². The summed E-state index contributed by atoms with van der Waals surface area (Å²) in [6.45, 7) is 2.05. The molecule has 96 valence electrons. The highest BCUT2D eigenvalue weighted by Gasteiger charge is 2.01. The van der Waals surface area contributed by atoms with Crippen LogP contribution in [0.4, 0.5) is 5.69 Å². The Bertz CT molecular complexity index is 445. The molecule has 2 aromatic rings. The highest BCUT2D eigenvalue weighted by atomic mass is 15.1. The summed E-state index contributed by atoms with van der Waals surface area (Å²) in [7, 11) is 4.10. The first-order valence-corrected chi connectivity index (χ1v) is 6.35. The van der Waals surface area contributed by atoms with Crippen molar-refractivity contribution in [1.82, 2.24) is 9.88 Å². The van der Waals surface area contributed by atoms with Crippen LogP contribution in [0, 0.1) is 0 Å². The number of H-pyrrole nitrogens is 1. The molecule has 2 N–H and O–H groups in total. The molecular formula is C15H21N3. The van der Waals surface area contributed by atoms with Gasteiger partial charge in [0.25, 0.3) is 0 Å². The van der Waals surface area contributed by atoms with Crippen LogP contribution >= 0.6 is 0 Å². The zero-order valence-electron chi connectivity index (χ0n) is 11.1. The van der Waals surface area contributed by atoms with Crippen molar-refractivity contribution in [2.75, 3.05) is 26.0 Å².